The molecule has 0 saturated heterocycles. The maximum atomic E-state index is 12.9. The smallest absolute Gasteiger partial charge is 0.126 e. The minimum atomic E-state index is -0.597. The first kappa shape index (κ1) is 12.0. The molecular formula is C13H9F3S. The van der Waals surface area contributed by atoms with Crippen LogP contribution in [-0.4, -0.2) is 0 Å². The van der Waals surface area contributed by atoms with Gasteiger partial charge >= 0.3 is 0 Å². The van der Waals surface area contributed by atoms with Gasteiger partial charge in [0.15, 0.2) is 0 Å². The fourth-order valence-corrected chi connectivity index (χ4v) is 2.29. The summed E-state index contributed by atoms with van der Waals surface area (Å²) in [4.78, 5) is 0.731. The van der Waals surface area contributed by atoms with Crippen molar-refractivity contribution in [3.05, 3.63) is 65.5 Å². The van der Waals surface area contributed by atoms with E-state index in [1.807, 2.05) is 0 Å². The van der Waals surface area contributed by atoms with Crippen LogP contribution in [0.1, 0.15) is 5.56 Å². The van der Waals surface area contributed by atoms with Crippen molar-refractivity contribution in [2.24, 2.45) is 0 Å². The van der Waals surface area contributed by atoms with Crippen LogP contribution in [0.3, 0.4) is 0 Å². The molecule has 0 heterocycles. The molecule has 17 heavy (non-hydrogen) atoms. The summed E-state index contributed by atoms with van der Waals surface area (Å²) in [7, 11) is 0. The molecule has 0 radical (unpaired) electrons. The molecule has 0 amide bonds. The minimum Gasteiger partial charge on any atom is -0.207 e. The van der Waals surface area contributed by atoms with Crippen LogP contribution in [-0.2, 0) is 5.75 Å². The third kappa shape index (κ3) is 3.53. The van der Waals surface area contributed by atoms with E-state index in [1.165, 1.54) is 36.0 Å². The molecule has 0 atom stereocenters. The fraction of sp³-hybridized carbons (Fsp3) is 0.0769. The SMILES string of the molecule is Fc1cc(F)cc(CSc2cccc(F)c2)c1. The van der Waals surface area contributed by atoms with Gasteiger partial charge in [-0.1, -0.05) is 6.07 Å². The van der Waals surface area contributed by atoms with Crippen LogP contribution in [0.4, 0.5) is 13.2 Å². The summed E-state index contributed by atoms with van der Waals surface area (Å²) in [5.74, 6) is -1.11. The number of hydrogen-bond acceptors (Lipinski definition) is 1. The van der Waals surface area contributed by atoms with E-state index >= 15 is 0 Å². The molecule has 2 aromatic carbocycles. The molecule has 0 nitrogen and oxygen atoms in total. The third-order valence-corrected chi connectivity index (χ3v) is 3.19. The molecule has 0 aliphatic rings. The third-order valence-electron chi connectivity index (χ3n) is 2.12. The van der Waals surface area contributed by atoms with Crippen molar-refractivity contribution in [3.8, 4) is 0 Å². The fourth-order valence-electron chi connectivity index (χ4n) is 1.42. The maximum Gasteiger partial charge on any atom is 0.126 e. The van der Waals surface area contributed by atoms with Gasteiger partial charge in [-0.25, -0.2) is 13.2 Å². The molecule has 4 heteroatoms. The molecule has 0 aliphatic carbocycles. The highest BCUT2D eigenvalue weighted by atomic mass is 32.2. The number of hydrogen-bond donors (Lipinski definition) is 0. The lowest BCUT2D eigenvalue weighted by atomic mass is 10.2. The molecule has 0 fully saturated rings. The monoisotopic (exact) mass is 254 g/mol. The lowest BCUT2D eigenvalue weighted by Gasteiger charge is -2.03. The summed E-state index contributed by atoms with van der Waals surface area (Å²) < 4.78 is 38.7. The molecule has 0 N–H and O–H groups in total. The summed E-state index contributed by atoms with van der Waals surface area (Å²) in [6, 6.07) is 9.47. The van der Waals surface area contributed by atoms with Gasteiger partial charge in [0, 0.05) is 16.7 Å². The standard InChI is InChI=1S/C13H9F3S/c14-10-2-1-3-13(7-10)17-8-9-4-11(15)6-12(16)5-9/h1-7H,8H2. The van der Waals surface area contributed by atoms with Gasteiger partial charge in [-0.2, -0.15) is 0 Å². The molecule has 0 aliphatic heterocycles. The molecule has 0 spiro atoms. The highest BCUT2D eigenvalue weighted by Crippen LogP contribution is 2.24. The zero-order valence-corrected chi connectivity index (χ0v) is 9.61. The van der Waals surface area contributed by atoms with Crippen molar-refractivity contribution < 1.29 is 13.2 Å². The van der Waals surface area contributed by atoms with Crippen molar-refractivity contribution >= 4 is 11.8 Å². The van der Waals surface area contributed by atoms with Gasteiger partial charge in [-0.15, -0.1) is 11.8 Å². The van der Waals surface area contributed by atoms with E-state index in [-0.39, 0.29) is 5.82 Å². The van der Waals surface area contributed by atoms with Gasteiger partial charge in [0.05, 0.1) is 0 Å². The predicted molar refractivity (Wildman–Crippen MR) is 62.3 cm³/mol. The lowest BCUT2D eigenvalue weighted by Crippen LogP contribution is -1.86. The molecule has 88 valence electrons. The normalized spacial score (nSPS) is 10.5. The number of halogens is 3. The van der Waals surface area contributed by atoms with E-state index in [2.05, 4.69) is 0 Å². The average Bonchev–Trinajstić information content (AvgIpc) is 2.25. The quantitative estimate of drug-likeness (QED) is 0.732. The van der Waals surface area contributed by atoms with Crippen molar-refractivity contribution in [1.29, 1.82) is 0 Å². The van der Waals surface area contributed by atoms with Crippen molar-refractivity contribution in [3.63, 3.8) is 0 Å². The number of thioether (sulfide) groups is 1. The van der Waals surface area contributed by atoms with Gasteiger partial charge < -0.3 is 0 Å². The Bertz CT molecular complexity index is 506. The summed E-state index contributed by atoms with van der Waals surface area (Å²) in [5, 5.41) is 0. The Hall–Kier alpha value is -1.42. The largest absolute Gasteiger partial charge is 0.207 e. The minimum absolute atomic E-state index is 0.319. The van der Waals surface area contributed by atoms with E-state index in [0.717, 1.165) is 11.0 Å². The average molecular weight is 254 g/mol. The van der Waals surface area contributed by atoms with Gasteiger partial charge in [0.25, 0.3) is 0 Å². The molecule has 0 bridgehead atoms. The Kier molecular flexibility index (Phi) is 3.74. The molecule has 0 unspecified atom stereocenters. The second kappa shape index (κ2) is 5.27. The van der Waals surface area contributed by atoms with E-state index in [1.54, 1.807) is 12.1 Å². The Balaban J connectivity index is 2.07. The zero-order valence-electron chi connectivity index (χ0n) is 8.79. The van der Waals surface area contributed by atoms with Crippen molar-refractivity contribution in [2.75, 3.05) is 0 Å². The van der Waals surface area contributed by atoms with Crippen LogP contribution in [0, 0.1) is 17.5 Å². The summed E-state index contributed by atoms with van der Waals surface area (Å²) in [6.45, 7) is 0. The predicted octanol–water partition coefficient (Wildman–Crippen LogP) is 4.40. The van der Waals surface area contributed by atoms with Crippen LogP contribution in [0.25, 0.3) is 0 Å². The first-order chi connectivity index (χ1) is 8.13. The molecule has 2 aromatic rings. The van der Waals surface area contributed by atoms with Gasteiger partial charge in [0.1, 0.15) is 17.5 Å². The lowest BCUT2D eigenvalue weighted by molar-refractivity contribution is 0.581. The van der Waals surface area contributed by atoms with E-state index in [4.69, 9.17) is 0 Å². The van der Waals surface area contributed by atoms with E-state index in [0.29, 0.717) is 11.3 Å². The van der Waals surface area contributed by atoms with Crippen LogP contribution >= 0.6 is 11.8 Å². The van der Waals surface area contributed by atoms with Crippen molar-refractivity contribution in [2.45, 2.75) is 10.6 Å². The maximum absolute atomic E-state index is 12.9. The van der Waals surface area contributed by atoms with E-state index in [9.17, 15) is 13.2 Å². The number of rotatable bonds is 3. The second-order valence-corrected chi connectivity index (χ2v) is 4.57. The molecular weight excluding hydrogens is 245 g/mol. The van der Waals surface area contributed by atoms with Gasteiger partial charge in [-0.3, -0.25) is 0 Å². The Labute approximate surface area is 101 Å². The highest BCUT2D eigenvalue weighted by Gasteiger charge is 2.02. The molecule has 2 rings (SSSR count). The second-order valence-electron chi connectivity index (χ2n) is 3.52. The topological polar surface area (TPSA) is 0 Å². The highest BCUT2D eigenvalue weighted by molar-refractivity contribution is 7.98. The molecule has 0 saturated carbocycles. The van der Waals surface area contributed by atoms with Gasteiger partial charge in [0.2, 0.25) is 0 Å². The van der Waals surface area contributed by atoms with E-state index < -0.39 is 11.6 Å². The first-order valence-electron chi connectivity index (χ1n) is 4.97. The van der Waals surface area contributed by atoms with Gasteiger partial charge in [-0.05, 0) is 35.9 Å². The Morgan fingerprint density at radius 3 is 2.18 bits per heavy atom. The summed E-state index contributed by atoms with van der Waals surface area (Å²) >= 11 is 1.33. The Morgan fingerprint density at radius 2 is 1.53 bits per heavy atom. The first-order valence-corrected chi connectivity index (χ1v) is 5.95. The van der Waals surface area contributed by atoms with Crippen LogP contribution < -0.4 is 0 Å². The summed E-state index contributed by atoms with van der Waals surface area (Å²) in [5.41, 5.74) is 0.539. The summed E-state index contributed by atoms with van der Waals surface area (Å²) in [6.07, 6.45) is 0. The molecule has 0 aromatic heterocycles. The van der Waals surface area contributed by atoms with Crippen LogP contribution in [0.15, 0.2) is 47.4 Å². The number of benzene rings is 2. The Morgan fingerprint density at radius 1 is 0.824 bits per heavy atom. The van der Waals surface area contributed by atoms with Crippen LogP contribution in [0.2, 0.25) is 0 Å². The van der Waals surface area contributed by atoms with Crippen LogP contribution in [0.5, 0.6) is 0 Å². The zero-order chi connectivity index (χ0) is 12.3. The van der Waals surface area contributed by atoms with Crippen molar-refractivity contribution in [1.82, 2.24) is 0 Å².